The zero-order chi connectivity index (χ0) is 20.3. The van der Waals surface area contributed by atoms with Crippen LogP contribution in [0.1, 0.15) is 18.9 Å². The predicted molar refractivity (Wildman–Crippen MR) is 117 cm³/mol. The predicted octanol–water partition coefficient (Wildman–Crippen LogP) is 4.96. The van der Waals surface area contributed by atoms with Gasteiger partial charge in [-0.3, -0.25) is 4.57 Å². The lowest BCUT2D eigenvalue weighted by molar-refractivity contribution is -0.247. The van der Waals surface area contributed by atoms with Crippen molar-refractivity contribution in [3.63, 3.8) is 0 Å². The molecule has 1 fully saturated rings. The van der Waals surface area contributed by atoms with Crippen molar-refractivity contribution >= 4 is 29.1 Å². The molecule has 5 nitrogen and oxygen atoms in total. The SMILES string of the molecule is C[C@@]1(CSc2ccc(N)cc2)CO[C@](CCc2ccc(Cl)cc2)(n2ccnc2)O1. The molecule has 1 aliphatic heterocycles. The minimum atomic E-state index is -0.868. The Morgan fingerprint density at radius 1 is 1.17 bits per heavy atom. The van der Waals surface area contributed by atoms with Gasteiger partial charge in [-0.05, 0) is 55.3 Å². The van der Waals surface area contributed by atoms with Crippen LogP contribution in [0.15, 0.2) is 72.1 Å². The molecule has 1 aliphatic rings. The van der Waals surface area contributed by atoms with E-state index in [1.807, 2.05) is 59.3 Å². The Morgan fingerprint density at radius 3 is 2.62 bits per heavy atom. The van der Waals surface area contributed by atoms with E-state index in [0.29, 0.717) is 13.0 Å². The Balaban J connectivity index is 1.47. The minimum Gasteiger partial charge on any atom is -0.399 e. The van der Waals surface area contributed by atoms with Crippen LogP contribution in [0.3, 0.4) is 0 Å². The van der Waals surface area contributed by atoms with Gasteiger partial charge in [-0.25, -0.2) is 4.98 Å². The molecule has 152 valence electrons. The van der Waals surface area contributed by atoms with E-state index in [2.05, 4.69) is 11.9 Å². The molecular formula is C22H24ClN3O2S. The molecule has 1 saturated heterocycles. The molecule has 2 N–H and O–H groups in total. The normalized spacial score (nSPS) is 24.1. The van der Waals surface area contributed by atoms with Crippen molar-refractivity contribution in [3.8, 4) is 0 Å². The van der Waals surface area contributed by atoms with E-state index in [9.17, 15) is 0 Å². The molecule has 0 bridgehead atoms. The first-order chi connectivity index (χ1) is 14.0. The van der Waals surface area contributed by atoms with Gasteiger partial charge in [0.1, 0.15) is 5.60 Å². The fourth-order valence-electron chi connectivity index (χ4n) is 3.37. The Morgan fingerprint density at radius 2 is 1.93 bits per heavy atom. The molecule has 2 aromatic carbocycles. The van der Waals surface area contributed by atoms with Crippen LogP contribution < -0.4 is 5.73 Å². The van der Waals surface area contributed by atoms with Crippen molar-refractivity contribution < 1.29 is 9.47 Å². The molecule has 0 unspecified atom stereocenters. The Bertz CT molecular complexity index is 934. The standard InChI is InChI=1S/C22H24ClN3O2S/c1-21(15-29-20-8-6-19(24)7-9-20)14-27-22(28-21,26-13-12-25-16-26)11-10-17-2-4-18(23)5-3-17/h2-9,12-13,16H,10-11,14-15,24H2,1H3/t21-,22-/m0/s1. The second-order valence-electron chi connectivity index (χ2n) is 7.51. The average Bonchev–Trinajstić information content (AvgIpc) is 3.37. The summed E-state index contributed by atoms with van der Waals surface area (Å²) in [6.07, 6.45) is 6.86. The molecule has 0 spiro atoms. The van der Waals surface area contributed by atoms with Gasteiger partial charge in [0.2, 0.25) is 0 Å². The van der Waals surface area contributed by atoms with Gasteiger partial charge in [0.15, 0.2) is 0 Å². The molecule has 0 amide bonds. The quantitative estimate of drug-likeness (QED) is 0.425. The number of nitrogens with two attached hydrogens (primary N) is 1. The number of imidazole rings is 1. The molecule has 1 aromatic heterocycles. The Labute approximate surface area is 180 Å². The molecule has 0 saturated carbocycles. The second kappa shape index (κ2) is 8.40. The van der Waals surface area contributed by atoms with Gasteiger partial charge >= 0.3 is 0 Å². The summed E-state index contributed by atoms with van der Waals surface area (Å²) in [6, 6.07) is 15.8. The lowest BCUT2D eigenvalue weighted by atomic mass is 10.1. The number of thioether (sulfide) groups is 1. The third-order valence-corrected chi connectivity index (χ3v) is 6.59. The number of anilines is 1. The number of ether oxygens (including phenoxy) is 2. The molecule has 0 radical (unpaired) electrons. The fourth-order valence-corrected chi connectivity index (χ4v) is 4.44. The van der Waals surface area contributed by atoms with Crippen molar-refractivity contribution in [3.05, 3.63) is 77.8 Å². The molecule has 4 rings (SSSR count). The Hall–Kier alpha value is -1.99. The number of aryl methyl sites for hydroxylation is 1. The summed E-state index contributed by atoms with van der Waals surface area (Å²) in [5.41, 5.74) is 7.31. The zero-order valence-electron chi connectivity index (χ0n) is 16.3. The second-order valence-corrected chi connectivity index (χ2v) is 8.99. The topological polar surface area (TPSA) is 62.3 Å². The maximum Gasteiger partial charge on any atom is 0.257 e. The maximum atomic E-state index is 6.60. The number of nitrogens with zero attached hydrogens (tertiary/aromatic N) is 2. The van der Waals surface area contributed by atoms with Crippen molar-refractivity contribution in [2.45, 2.75) is 36.2 Å². The van der Waals surface area contributed by atoms with Crippen LogP contribution >= 0.6 is 23.4 Å². The third kappa shape index (κ3) is 4.78. The molecule has 29 heavy (non-hydrogen) atoms. The summed E-state index contributed by atoms with van der Waals surface area (Å²) < 4.78 is 14.8. The van der Waals surface area contributed by atoms with Gasteiger partial charge in [0.25, 0.3) is 5.91 Å². The smallest absolute Gasteiger partial charge is 0.257 e. The Kier molecular flexibility index (Phi) is 5.88. The number of aromatic nitrogens is 2. The molecular weight excluding hydrogens is 406 g/mol. The van der Waals surface area contributed by atoms with E-state index in [0.717, 1.165) is 27.8 Å². The lowest BCUT2D eigenvalue weighted by Gasteiger charge is -2.31. The van der Waals surface area contributed by atoms with Gasteiger partial charge in [-0.2, -0.15) is 0 Å². The van der Waals surface area contributed by atoms with Gasteiger partial charge in [0.05, 0.1) is 12.9 Å². The minimum absolute atomic E-state index is 0.420. The monoisotopic (exact) mass is 429 g/mol. The summed E-state index contributed by atoms with van der Waals surface area (Å²) in [4.78, 5) is 5.35. The van der Waals surface area contributed by atoms with E-state index in [-0.39, 0.29) is 0 Å². The number of rotatable bonds is 7. The van der Waals surface area contributed by atoms with E-state index >= 15 is 0 Å². The van der Waals surface area contributed by atoms with Crippen molar-refractivity contribution in [1.29, 1.82) is 0 Å². The highest BCUT2D eigenvalue weighted by Crippen LogP contribution is 2.41. The van der Waals surface area contributed by atoms with Gasteiger partial charge in [-0.1, -0.05) is 23.7 Å². The van der Waals surface area contributed by atoms with Crippen molar-refractivity contribution in [1.82, 2.24) is 9.55 Å². The van der Waals surface area contributed by atoms with E-state index in [4.69, 9.17) is 26.8 Å². The molecule has 3 aromatic rings. The average molecular weight is 430 g/mol. The van der Waals surface area contributed by atoms with Gasteiger partial charge in [-0.15, -0.1) is 11.8 Å². The highest BCUT2D eigenvalue weighted by Gasteiger charge is 2.49. The number of nitrogen functional groups attached to an aromatic ring is 1. The zero-order valence-corrected chi connectivity index (χ0v) is 17.8. The molecule has 2 atom stereocenters. The van der Waals surface area contributed by atoms with Crippen LogP contribution in [0.5, 0.6) is 0 Å². The van der Waals surface area contributed by atoms with Gasteiger partial charge < -0.3 is 15.2 Å². The number of hydrogen-bond donors (Lipinski definition) is 1. The molecule has 0 aliphatic carbocycles. The first-order valence-electron chi connectivity index (χ1n) is 9.52. The number of benzene rings is 2. The van der Waals surface area contributed by atoms with Crippen molar-refractivity contribution in [2.24, 2.45) is 0 Å². The van der Waals surface area contributed by atoms with Gasteiger partial charge in [0, 0.05) is 40.2 Å². The first kappa shape index (κ1) is 20.3. The highest BCUT2D eigenvalue weighted by atomic mass is 35.5. The van der Waals surface area contributed by atoms with E-state index in [1.165, 1.54) is 5.56 Å². The summed E-state index contributed by atoms with van der Waals surface area (Å²) in [6.45, 7) is 2.60. The third-order valence-electron chi connectivity index (χ3n) is 4.97. The molecule has 2 heterocycles. The van der Waals surface area contributed by atoms with Crippen LogP contribution in [0, 0.1) is 0 Å². The van der Waals surface area contributed by atoms with Crippen molar-refractivity contribution in [2.75, 3.05) is 18.1 Å². The van der Waals surface area contributed by atoms with Crippen LogP contribution in [0.2, 0.25) is 5.02 Å². The van der Waals surface area contributed by atoms with Crippen LogP contribution in [-0.4, -0.2) is 27.5 Å². The van der Waals surface area contributed by atoms with E-state index < -0.39 is 11.5 Å². The van der Waals surface area contributed by atoms with E-state index in [1.54, 1.807) is 24.3 Å². The largest absolute Gasteiger partial charge is 0.399 e. The highest BCUT2D eigenvalue weighted by molar-refractivity contribution is 7.99. The van der Waals surface area contributed by atoms with Crippen LogP contribution in [-0.2, 0) is 21.8 Å². The summed E-state index contributed by atoms with van der Waals surface area (Å²) in [5.74, 6) is -0.0964. The fraction of sp³-hybridized carbons (Fsp3) is 0.318. The van der Waals surface area contributed by atoms with Crippen LogP contribution in [0.4, 0.5) is 5.69 Å². The lowest BCUT2D eigenvalue weighted by Crippen LogP contribution is -2.39. The molecule has 7 heteroatoms. The number of hydrogen-bond acceptors (Lipinski definition) is 5. The van der Waals surface area contributed by atoms with Crippen LogP contribution in [0.25, 0.3) is 0 Å². The number of halogens is 1. The summed E-state index contributed by atoms with van der Waals surface area (Å²) >= 11 is 7.75. The maximum absolute atomic E-state index is 6.60. The summed E-state index contributed by atoms with van der Waals surface area (Å²) in [7, 11) is 0. The first-order valence-corrected chi connectivity index (χ1v) is 10.9. The summed E-state index contributed by atoms with van der Waals surface area (Å²) in [5, 5.41) is 0.735.